The highest BCUT2D eigenvalue weighted by atomic mass is 32.1. The van der Waals surface area contributed by atoms with Gasteiger partial charge in [0.15, 0.2) is 17.5 Å². The number of nitrogens with zero attached hydrogens (tertiary/aromatic N) is 2. The summed E-state index contributed by atoms with van der Waals surface area (Å²) >= 11 is 1.00. The fourth-order valence-corrected chi connectivity index (χ4v) is 3.26. The van der Waals surface area contributed by atoms with Crippen molar-refractivity contribution in [2.75, 3.05) is 12.3 Å². The predicted molar refractivity (Wildman–Crippen MR) is 103 cm³/mol. The fraction of sp³-hybridized carbons (Fsp3) is 0.250. The number of aromatic nitrogens is 1. The van der Waals surface area contributed by atoms with Gasteiger partial charge in [0.25, 0.3) is 12.3 Å². The third-order valence-electron chi connectivity index (χ3n) is 4.00. The van der Waals surface area contributed by atoms with Gasteiger partial charge in [-0.15, -0.1) is 11.3 Å². The number of para-hydroxylation sites is 1. The summed E-state index contributed by atoms with van der Waals surface area (Å²) in [6, 6.07) is 4.42. The second-order valence-electron chi connectivity index (χ2n) is 6.09. The van der Waals surface area contributed by atoms with Crippen molar-refractivity contribution in [1.29, 1.82) is 0 Å². The average molecular weight is 440 g/mol. The molecular weight excluding hydrogens is 425 g/mol. The molecule has 1 unspecified atom stereocenters. The zero-order chi connectivity index (χ0) is 21.8. The van der Waals surface area contributed by atoms with Crippen LogP contribution in [0.25, 0.3) is 0 Å². The van der Waals surface area contributed by atoms with Crippen LogP contribution >= 0.6 is 11.3 Å². The summed E-state index contributed by atoms with van der Waals surface area (Å²) in [5.41, 5.74) is 5.46. The number of oxime groups is 1. The lowest BCUT2D eigenvalue weighted by molar-refractivity contribution is -0.115. The monoisotopic (exact) mass is 440 g/mol. The fourth-order valence-electron chi connectivity index (χ4n) is 2.71. The van der Waals surface area contributed by atoms with Crippen LogP contribution in [0.15, 0.2) is 28.7 Å². The number of rotatable bonds is 7. The van der Waals surface area contributed by atoms with Gasteiger partial charge in [-0.05, 0) is 18.1 Å². The van der Waals surface area contributed by atoms with Gasteiger partial charge in [0.1, 0.15) is 11.4 Å². The van der Waals surface area contributed by atoms with E-state index in [2.05, 4.69) is 20.3 Å². The number of carbonyl (C=O) groups excluding carboxylic acids is 1. The first-order chi connectivity index (χ1) is 14.3. The number of benzene rings is 1. The van der Waals surface area contributed by atoms with Crippen LogP contribution < -0.4 is 15.7 Å². The maximum absolute atomic E-state index is 12.7. The van der Waals surface area contributed by atoms with E-state index in [1.165, 1.54) is 17.5 Å². The maximum Gasteiger partial charge on any atom is 0.547 e. The number of halogens is 2. The van der Waals surface area contributed by atoms with Crippen LogP contribution in [0.4, 0.5) is 13.9 Å². The van der Waals surface area contributed by atoms with Gasteiger partial charge in [0.2, 0.25) is 0 Å². The molecule has 158 valence electrons. The van der Waals surface area contributed by atoms with Crippen molar-refractivity contribution in [2.24, 2.45) is 5.16 Å². The maximum atomic E-state index is 12.7. The molecule has 1 aromatic carbocycles. The zero-order valence-electron chi connectivity index (χ0n) is 15.1. The molecule has 10 nitrogen and oxygen atoms in total. The molecule has 0 fully saturated rings. The minimum atomic E-state index is -2.80. The van der Waals surface area contributed by atoms with E-state index in [9.17, 15) is 28.5 Å². The summed E-state index contributed by atoms with van der Waals surface area (Å²) in [5, 5.41) is 26.9. The van der Waals surface area contributed by atoms with Crippen LogP contribution in [0.2, 0.25) is 0 Å². The summed E-state index contributed by atoms with van der Waals surface area (Å²) in [7, 11) is -1.56. The van der Waals surface area contributed by atoms with Gasteiger partial charge in [0, 0.05) is 5.38 Å². The third-order valence-corrected chi connectivity index (χ3v) is 4.68. The molecule has 2 aromatic rings. The summed E-state index contributed by atoms with van der Waals surface area (Å²) in [4.78, 5) is 32.4. The van der Waals surface area contributed by atoms with Crippen LogP contribution in [0.3, 0.4) is 0 Å². The van der Waals surface area contributed by atoms with E-state index in [0.717, 1.165) is 11.3 Å². The standard InChI is InChI=1S/C16H15BF2N4O6S/c18-11(19)5-28-23-12(9-6-30-16(20)21-9)14(24)22-10-4-7-2-1-3-8(15(25)26)13(7)29-17(10)27/h1-3,6,10-11,27H,4-5H2,(H2,20,21)(H,22,24)(H,25,26). The van der Waals surface area contributed by atoms with E-state index in [1.54, 1.807) is 6.07 Å². The van der Waals surface area contributed by atoms with Crippen molar-refractivity contribution < 1.29 is 38.0 Å². The third kappa shape index (κ3) is 4.83. The number of aromatic carboxylic acids is 1. The predicted octanol–water partition coefficient (Wildman–Crippen LogP) is 0.549. The second-order valence-corrected chi connectivity index (χ2v) is 6.98. The Bertz CT molecular complexity index is 988. The lowest BCUT2D eigenvalue weighted by Crippen LogP contribution is -2.54. The molecule has 0 aliphatic carbocycles. The molecule has 1 aliphatic rings. The molecule has 0 saturated carbocycles. The number of fused-ring (bicyclic) bond motifs is 1. The van der Waals surface area contributed by atoms with Gasteiger partial charge < -0.3 is 30.7 Å². The van der Waals surface area contributed by atoms with E-state index in [0.29, 0.717) is 5.56 Å². The number of amides is 1. The highest BCUT2D eigenvalue weighted by molar-refractivity contribution is 7.13. The Morgan fingerprint density at radius 1 is 1.50 bits per heavy atom. The molecule has 1 aromatic heterocycles. The number of carboxylic acid groups (broad SMARTS) is 1. The number of nitrogens with two attached hydrogens (primary N) is 1. The summed E-state index contributed by atoms with van der Waals surface area (Å²) < 4.78 is 30.0. The van der Waals surface area contributed by atoms with Crippen LogP contribution in [-0.4, -0.2) is 58.8 Å². The molecule has 0 saturated heterocycles. The first-order valence-corrected chi connectivity index (χ1v) is 9.34. The number of hydrogen-bond donors (Lipinski definition) is 4. The molecule has 14 heteroatoms. The Hall–Kier alpha value is -3.26. The highest BCUT2D eigenvalue weighted by Gasteiger charge is 2.38. The summed E-state index contributed by atoms with van der Waals surface area (Å²) in [5.74, 6) is -3.08. The molecular formula is C16H15BF2N4O6S. The summed E-state index contributed by atoms with van der Waals surface area (Å²) in [6.07, 6.45) is -2.75. The summed E-state index contributed by atoms with van der Waals surface area (Å²) in [6.45, 7) is -1.03. The van der Waals surface area contributed by atoms with E-state index >= 15 is 0 Å². The number of hydrogen-bond acceptors (Lipinski definition) is 9. The SMILES string of the molecule is Nc1nc(C(=NOCC(F)F)C(=O)NC2Cc3cccc(C(=O)O)c3OB2O)cs1. The minimum absolute atomic E-state index is 0.00375. The Morgan fingerprint density at radius 3 is 2.90 bits per heavy atom. The molecule has 1 aliphatic heterocycles. The lowest BCUT2D eigenvalue weighted by atomic mass is 9.72. The molecule has 30 heavy (non-hydrogen) atoms. The quantitative estimate of drug-likeness (QED) is 0.276. The van der Waals surface area contributed by atoms with Crippen molar-refractivity contribution >= 4 is 41.2 Å². The number of nitrogens with one attached hydrogen (secondary N) is 1. The van der Waals surface area contributed by atoms with E-state index in [1.807, 2.05) is 0 Å². The second kappa shape index (κ2) is 9.05. The van der Waals surface area contributed by atoms with Crippen molar-refractivity contribution in [3.05, 3.63) is 40.4 Å². The highest BCUT2D eigenvalue weighted by Crippen LogP contribution is 2.30. The molecule has 0 spiro atoms. The molecule has 5 N–H and O–H groups in total. The first-order valence-electron chi connectivity index (χ1n) is 8.46. The Labute approximate surface area is 172 Å². The molecule has 0 radical (unpaired) electrons. The largest absolute Gasteiger partial charge is 0.547 e. The number of carbonyl (C=O) groups is 2. The Morgan fingerprint density at radius 2 is 2.27 bits per heavy atom. The average Bonchev–Trinajstić information content (AvgIpc) is 3.10. The van der Waals surface area contributed by atoms with Crippen molar-refractivity contribution in [2.45, 2.75) is 18.8 Å². The lowest BCUT2D eigenvalue weighted by Gasteiger charge is -2.28. The first kappa shape index (κ1) is 21.5. The van der Waals surface area contributed by atoms with Crippen molar-refractivity contribution in [1.82, 2.24) is 10.3 Å². The number of anilines is 1. The molecule has 3 rings (SSSR count). The molecule has 1 amide bonds. The molecule has 2 heterocycles. The Kier molecular flexibility index (Phi) is 6.47. The smallest absolute Gasteiger partial charge is 0.534 e. The topological polar surface area (TPSA) is 156 Å². The van der Waals surface area contributed by atoms with Crippen molar-refractivity contribution in [3.63, 3.8) is 0 Å². The van der Waals surface area contributed by atoms with E-state index in [-0.39, 0.29) is 28.6 Å². The van der Waals surface area contributed by atoms with Crippen molar-refractivity contribution in [3.8, 4) is 5.75 Å². The number of nitrogen functional groups attached to an aromatic ring is 1. The van der Waals surface area contributed by atoms with Crippen LogP contribution in [0, 0.1) is 0 Å². The molecule has 1 atom stereocenters. The van der Waals surface area contributed by atoms with Gasteiger partial charge >= 0.3 is 13.1 Å². The van der Waals surface area contributed by atoms with Gasteiger partial charge in [-0.3, -0.25) is 4.79 Å². The minimum Gasteiger partial charge on any atom is -0.534 e. The van der Waals surface area contributed by atoms with Gasteiger partial charge in [0.05, 0.1) is 11.5 Å². The molecule has 0 bridgehead atoms. The number of alkyl halides is 2. The van der Waals surface area contributed by atoms with E-state index < -0.39 is 43.7 Å². The van der Waals surface area contributed by atoms with Crippen LogP contribution in [0.5, 0.6) is 5.75 Å². The number of carboxylic acids is 1. The van der Waals surface area contributed by atoms with E-state index in [4.69, 9.17) is 10.4 Å². The zero-order valence-corrected chi connectivity index (χ0v) is 15.9. The number of thiazole rings is 1. The normalized spacial score (nSPS) is 16.1. The Balaban J connectivity index is 1.80. The van der Waals surface area contributed by atoms with Crippen LogP contribution in [0.1, 0.15) is 21.6 Å². The van der Waals surface area contributed by atoms with Gasteiger partial charge in [-0.25, -0.2) is 18.6 Å². The van der Waals surface area contributed by atoms with Crippen LogP contribution in [-0.2, 0) is 16.1 Å². The van der Waals surface area contributed by atoms with Gasteiger partial charge in [-0.2, -0.15) is 0 Å². The van der Waals surface area contributed by atoms with Gasteiger partial charge in [-0.1, -0.05) is 17.3 Å².